The average molecular weight is 310 g/mol. The smallest absolute Gasteiger partial charge is 0.266 e. The Kier molecular flexibility index (Phi) is 5.14. The van der Waals surface area contributed by atoms with Crippen LogP contribution in [0.5, 0.6) is 0 Å². The van der Waals surface area contributed by atoms with Crippen molar-refractivity contribution in [2.75, 3.05) is 32.0 Å². The largest absolute Gasteiger partial charge is 0.397 e. The van der Waals surface area contributed by atoms with Crippen LogP contribution in [0.1, 0.15) is 23.5 Å². The van der Waals surface area contributed by atoms with Gasteiger partial charge in [0.15, 0.2) is 0 Å². The van der Waals surface area contributed by atoms with Crippen LogP contribution in [-0.4, -0.2) is 37.1 Å². The second kappa shape index (κ2) is 6.87. The van der Waals surface area contributed by atoms with E-state index < -0.39 is 0 Å². The second-order valence-electron chi connectivity index (χ2n) is 4.57. The number of halogens is 1. The highest BCUT2D eigenvalue weighted by atomic mass is 32.1. The van der Waals surface area contributed by atoms with Crippen molar-refractivity contribution in [1.29, 1.82) is 0 Å². The molecule has 114 valence electrons. The predicted molar refractivity (Wildman–Crippen MR) is 84.3 cm³/mol. The van der Waals surface area contributed by atoms with E-state index in [9.17, 15) is 9.18 Å². The van der Waals surface area contributed by atoms with Gasteiger partial charge in [0.05, 0.1) is 12.3 Å². The number of carbonyl (C=O) groups is 1. The van der Waals surface area contributed by atoms with Gasteiger partial charge < -0.3 is 15.4 Å². The van der Waals surface area contributed by atoms with Crippen LogP contribution in [0, 0.1) is 5.82 Å². The van der Waals surface area contributed by atoms with Crippen molar-refractivity contribution in [2.24, 2.45) is 0 Å². The molecule has 6 heteroatoms. The zero-order valence-electron chi connectivity index (χ0n) is 12.2. The van der Waals surface area contributed by atoms with E-state index in [1.54, 1.807) is 11.0 Å². The number of hydrogen-bond donors (Lipinski definition) is 1. The minimum absolute atomic E-state index is 0.128. The third-order valence-electron chi connectivity index (χ3n) is 3.26. The number of fused-ring (bicyclic) bond motifs is 1. The Bertz CT molecular complexity index is 642. The van der Waals surface area contributed by atoms with Gasteiger partial charge in [-0.1, -0.05) is 0 Å². The van der Waals surface area contributed by atoms with Crippen LogP contribution in [0.4, 0.5) is 10.1 Å². The molecule has 0 unspecified atom stereocenters. The van der Waals surface area contributed by atoms with E-state index in [4.69, 9.17) is 10.5 Å². The van der Waals surface area contributed by atoms with Crippen LogP contribution in [-0.2, 0) is 4.74 Å². The Hall–Kier alpha value is -1.66. The maximum absolute atomic E-state index is 13.3. The van der Waals surface area contributed by atoms with Gasteiger partial charge in [-0.15, -0.1) is 11.3 Å². The number of ether oxygens (including phenoxy) is 1. The minimum atomic E-state index is -0.352. The summed E-state index contributed by atoms with van der Waals surface area (Å²) in [6.07, 6.45) is 0. The number of rotatable bonds is 6. The Labute approximate surface area is 127 Å². The van der Waals surface area contributed by atoms with Crippen molar-refractivity contribution in [3.05, 3.63) is 28.9 Å². The SMILES string of the molecule is CCOCCN(CC)C(=O)c1sc2ccc(F)cc2c1N. The quantitative estimate of drug-likeness (QED) is 0.834. The van der Waals surface area contributed by atoms with E-state index in [0.717, 1.165) is 4.70 Å². The first-order chi connectivity index (χ1) is 10.1. The molecule has 2 aromatic rings. The fourth-order valence-corrected chi connectivity index (χ4v) is 3.18. The van der Waals surface area contributed by atoms with Crippen molar-refractivity contribution in [3.8, 4) is 0 Å². The molecule has 0 atom stereocenters. The summed E-state index contributed by atoms with van der Waals surface area (Å²) in [5.74, 6) is -0.481. The molecule has 0 fully saturated rings. The number of anilines is 1. The van der Waals surface area contributed by atoms with Crippen molar-refractivity contribution >= 4 is 33.0 Å². The summed E-state index contributed by atoms with van der Waals surface area (Å²) in [6, 6.07) is 4.40. The lowest BCUT2D eigenvalue weighted by Gasteiger charge is -2.20. The van der Waals surface area contributed by atoms with Crippen molar-refractivity contribution in [3.63, 3.8) is 0 Å². The van der Waals surface area contributed by atoms with Gasteiger partial charge >= 0.3 is 0 Å². The summed E-state index contributed by atoms with van der Waals surface area (Å²) < 4.78 is 19.4. The van der Waals surface area contributed by atoms with Crippen molar-refractivity contribution in [2.45, 2.75) is 13.8 Å². The van der Waals surface area contributed by atoms with Gasteiger partial charge in [-0.05, 0) is 32.0 Å². The number of nitrogens with zero attached hydrogens (tertiary/aromatic N) is 1. The topological polar surface area (TPSA) is 55.6 Å². The van der Waals surface area contributed by atoms with Gasteiger partial charge in [0, 0.05) is 29.8 Å². The molecule has 1 aromatic carbocycles. The standard InChI is InChI=1S/C15H19FN2O2S/c1-3-18(7-8-20-4-2)15(19)14-13(17)11-9-10(16)5-6-12(11)21-14/h5-6,9H,3-4,7-8,17H2,1-2H3. The molecular formula is C15H19FN2O2S. The van der Waals surface area contributed by atoms with Crippen LogP contribution in [0.15, 0.2) is 18.2 Å². The highest BCUT2D eigenvalue weighted by molar-refractivity contribution is 7.21. The molecule has 1 aromatic heterocycles. The normalized spacial score (nSPS) is 11.0. The second-order valence-corrected chi connectivity index (χ2v) is 5.62. The summed E-state index contributed by atoms with van der Waals surface area (Å²) in [6.45, 7) is 6.04. The third kappa shape index (κ3) is 3.33. The molecule has 0 aliphatic rings. The summed E-state index contributed by atoms with van der Waals surface area (Å²) in [4.78, 5) is 14.7. The first-order valence-electron chi connectivity index (χ1n) is 6.93. The monoisotopic (exact) mass is 310 g/mol. The van der Waals surface area contributed by atoms with Crippen molar-refractivity contribution < 1.29 is 13.9 Å². The third-order valence-corrected chi connectivity index (χ3v) is 4.44. The van der Waals surface area contributed by atoms with E-state index in [2.05, 4.69) is 0 Å². The van der Waals surface area contributed by atoms with Crippen LogP contribution in [0.25, 0.3) is 10.1 Å². The molecule has 4 nitrogen and oxygen atoms in total. The number of thiophene rings is 1. The number of nitrogen functional groups attached to an aromatic ring is 1. The Morgan fingerprint density at radius 3 is 2.86 bits per heavy atom. The molecule has 2 N–H and O–H groups in total. The van der Waals surface area contributed by atoms with Gasteiger partial charge in [0.2, 0.25) is 0 Å². The van der Waals surface area contributed by atoms with Gasteiger partial charge in [0.1, 0.15) is 10.7 Å². The van der Waals surface area contributed by atoms with Crippen LogP contribution >= 0.6 is 11.3 Å². The highest BCUT2D eigenvalue weighted by Gasteiger charge is 2.21. The Morgan fingerprint density at radius 1 is 1.43 bits per heavy atom. The number of carbonyl (C=O) groups excluding carboxylic acids is 1. The molecule has 0 aliphatic heterocycles. The molecule has 0 saturated carbocycles. The molecule has 1 heterocycles. The van der Waals surface area contributed by atoms with E-state index in [-0.39, 0.29) is 11.7 Å². The molecule has 21 heavy (non-hydrogen) atoms. The number of likely N-dealkylation sites (N-methyl/N-ethyl adjacent to an activating group) is 1. The fraction of sp³-hybridized carbons (Fsp3) is 0.400. The molecule has 1 amide bonds. The first-order valence-corrected chi connectivity index (χ1v) is 7.74. The molecule has 0 aliphatic carbocycles. The van der Waals surface area contributed by atoms with Gasteiger partial charge in [-0.3, -0.25) is 4.79 Å². The summed E-state index contributed by atoms with van der Waals surface area (Å²) in [5.41, 5.74) is 6.38. The predicted octanol–water partition coefficient (Wildman–Crippen LogP) is 3.12. The van der Waals surface area contributed by atoms with Gasteiger partial charge in [0.25, 0.3) is 5.91 Å². The fourth-order valence-electron chi connectivity index (χ4n) is 2.11. The number of benzene rings is 1. The highest BCUT2D eigenvalue weighted by Crippen LogP contribution is 2.34. The van der Waals surface area contributed by atoms with Gasteiger partial charge in [-0.25, -0.2) is 4.39 Å². The lowest BCUT2D eigenvalue weighted by Crippen LogP contribution is -2.33. The number of amides is 1. The molecular weight excluding hydrogens is 291 g/mol. The minimum Gasteiger partial charge on any atom is -0.397 e. The van der Waals surface area contributed by atoms with E-state index in [1.165, 1.54) is 23.5 Å². The number of hydrogen-bond acceptors (Lipinski definition) is 4. The van der Waals surface area contributed by atoms with Crippen LogP contribution < -0.4 is 5.73 Å². The zero-order chi connectivity index (χ0) is 15.4. The Morgan fingerprint density at radius 2 is 2.19 bits per heavy atom. The Balaban J connectivity index is 2.27. The lowest BCUT2D eigenvalue weighted by atomic mass is 10.2. The van der Waals surface area contributed by atoms with Crippen LogP contribution in [0.3, 0.4) is 0 Å². The lowest BCUT2D eigenvalue weighted by molar-refractivity contribution is 0.0674. The molecule has 0 radical (unpaired) electrons. The summed E-state index contributed by atoms with van der Waals surface area (Å²) in [7, 11) is 0. The maximum atomic E-state index is 13.3. The summed E-state index contributed by atoms with van der Waals surface area (Å²) in [5, 5.41) is 0.601. The average Bonchev–Trinajstić information content (AvgIpc) is 2.80. The number of nitrogens with two attached hydrogens (primary N) is 1. The molecule has 2 rings (SSSR count). The van der Waals surface area contributed by atoms with E-state index in [1.807, 2.05) is 13.8 Å². The van der Waals surface area contributed by atoms with Crippen molar-refractivity contribution in [1.82, 2.24) is 4.90 Å². The van der Waals surface area contributed by atoms with E-state index in [0.29, 0.717) is 42.3 Å². The molecule has 0 saturated heterocycles. The molecule has 0 bridgehead atoms. The molecule has 0 spiro atoms. The first kappa shape index (κ1) is 15.7. The maximum Gasteiger partial charge on any atom is 0.266 e. The van der Waals surface area contributed by atoms with Crippen LogP contribution in [0.2, 0.25) is 0 Å². The zero-order valence-corrected chi connectivity index (χ0v) is 13.0. The van der Waals surface area contributed by atoms with Gasteiger partial charge in [-0.2, -0.15) is 0 Å². The summed E-state index contributed by atoms with van der Waals surface area (Å²) >= 11 is 1.30. The van der Waals surface area contributed by atoms with E-state index >= 15 is 0 Å².